The minimum atomic E-state index is -0.324. The third-order valence-electron chi connectivity index (χ3n) is 5.92. The fraction of sp³-hybridized carbons (Fsp3) is 0.526. The van der Waals surface area contributed by atoms with E-state index in [9.17, 15) is 14.4 Å². The lowest BCUT2D eigenvalue weighted by molar-refractivity contribution is 0.0632. The van der Waals surface area contributed by atoms with Gasteiger partial charge in [0.15, 0.2) is 0 Å². The van der Waals surface area contributed by atoms with Crippen LogP contribution in [0.5, 0.6) is 0 Å². The van der Waals surface area contributed by atoms with Gasteiger partial charge >= 0.3 is 0 Å². The van der Waals surface area contributed by atoms with E-state index in [1.807, 2.05) is 4.90 Å². The van der Waals surface area contributed by atoms with Crippen molar-refractivity contribution in [2.75, 3.05) is 7.05 Å². The summed E-state index contributed by atoms with van der Waals surface area (Å²) in [7, 11) is 1.47. The first-order chi connectivity index (χ1) is 11.5. The molecule has 0 spiro atoms. The molecule has 1 saturated heterocycles. The number of nitrogens with zero attached hydrogens (tertiary/aromatic N) is 2. The van der Waals surface area contributed by atoms with E-state index in [-0.39, 0.29) is 23.8 Å². The molecule has 3 amide bonds. The molecule has 2 fully saturated rings. The minimum Gasteiger partial charge on any atom is -0.333 e. The zero-order valence-corrected chi connectivity index (χ0v) is 14.1. The molecule has 0 N–H and O–H groups in total. The molecule has 1 saturated carbocycles. The lowest BCUT2D eigenvalue weighted by Gasteiger charge is -2.33. The van der Waals surface area contributed by atoms with Crippen LogP contribution in [0.25, 0.3) is 0 Å². The maximum Gasteiger partial charge on any atom is 0.261 e. The monoisotopic (exact) mass is 326 g/mol. The van der Waals surface area contributed by atoms with Crippen molar-refractivity contribution < 1.29 is 14.4 Å². The molecule has 5 nitrogen and oxygen atoms in total. The topological polar surface area (TPSA) is 57.7 Å². The van der Waals surface area contributed by atoms with E-state index in [0.29, 0.717) is 28.7 Å². The van der Waals surface area contributed by atoms with E-state index in [2.05, 4.69) is 6.92 Å². The second-order valence-corrected chi connectivity index (χ2v) is 7.34. The van der Waals surface area contributed by atoms with Crippen molar-refractivity contribution in [2.24, 2.45) is 5.92 Å². The molecule has 0 unspecified atom stereocenters. The number of imide groups is 1. The van der Waals surface area contributed by atoms with Crippen LogP contribution in [0, 0.1) is 5.92 Å². The molecular weight excluding hydrogens is 304 g/mol. The smallest absolute Gasteiger partial charge is 0.261 e. The zero-order chi connectivity index (χ0) is 17.0. The molecule has 0 radical (unpaired) electrons. The van der Waals surface area contributed by atoms with E-state index in [4.69, 9.17) is 0 Å². The van der Waals surface area contributed by atoms with Crippen molar-refractivity contribution in [1.82, 2.24) is 9.80 Å². The number of rotatable bonds is 1. The summed E-state index contributed by atoms with van der Waals surface area (Å²) in [5.41, 5.74) is 1.26. The van der Waals surface area contributed by atoms with Gasteiger partial charge in [-0.25, -0.2) is 0 Å². The molecule has 0 aromatic heterocycles. The Labute approximate surface area is 141 Å². The molecule has 2 aliphatic heterocycles. The van der Waals surface area contributed by atoms with Crippen molar-refractivity contribution in [3.63, 3.8) is 0 Å². The Bertz CT molecular complexity index is 742. The Hall–Kier alpha value is -2.17. The molecule has 2 heterocycles. The Morgan fingerprint density at radius 1 is 1.08 bits per heavy atom. The van der Waals surface area contributed by atoms with Gasteiger partial charge in [0.25, 0.3) is 17.7 Å². The quantitative estimate of drug-likeness (QED) is 0.746. The fourth-order valence-electron chi connectivity index (χ4n) is 4.70. The molecule has 1 aromatic rings. The van der Waals surface area contributed by atoms with E-state index >= 15 is 0 Å². The summed E-state index contributed by atoms with van der Waals surface area (Å²) in [6.07, 6.45) is 5.80. The molecule has 1 aliphatic carbocycles. The molecular formula is C19H22N2O3. The van der Waals surface area contributed by atoms with Crippen LogP contribution in [-0.2, 0) is 0 Å². The summed E-state index contributed by atoms with van der Waals surface area (Å²) in [6, 6.07) is 5.47. The van der Waals surface area contributed by atoms with E-state index in [0.717, 1.165) is 17.7 Å². The fourth-order valence-corrected chi connectivity index (χ4v) is 4.70. The molecule has 3 aliphatic rings. The third-order valence-corrected chi connectivity index (χ3v) is 5.92. The van der Waals surface area contributed by atoms with Crippen LogP contribution in [0.3, 0.4) is 0 Å². The first-order valence-corrected chi connectivity index (χ1v) is 8.78. The summed E-state index contributed by atoms with van der Waals surface area (Å²) in [6.45, 7) is 2.12. The number of hydrogen-bond donors (Lipinski definition) is 0. The van der Waals surface area contributed by atoms with E-state index < -0.39 is 0 Å². The number of amides is 3. The van der Waals surface area contributed by atoms with Gasteiger partial charge in [0, 0.05) is 24.7 Å². The predicted octanol–water partition coefficient (Wildman–Crippen LogP) is 2.71. The highest BCUT2D eigenvalue weighted by molar-refractivity contribution is 6.21. The molecule has 5 heteroatoms. The van der Waals surface area contributed by atoms with Crippen molar-refractivity contribution >= 4 is 17.7 Å². The van der Waals surface area contributed by atoms with Crippen LogP contribution in [0.2, 0.25) is 0 Å². The third kappa shape index (κ3) is 2.10. The molecule has 126 valence electrons. The molecule has 3 atom stereocenters. The number of carbonyl (C=O) groups excluding carboxylic acids is 3. The lowest BCUT2D eigenvalue weighted by atomic mass is 9.85. The first kappa shape index (κ1) is 15.4. The normalized spacial score (nSPS) is 29.0. The van der Waals surface area contributed by atoms with Gasteiger partial charge in [0.05, 0.1) is 11.1 Å². The average molecular weight is 326 g/mol. The summed E-state index contributed by atoms with van der Waals surface area (Å²) in [4.78, 5) is 40.4. The van der Waals surface area contributed by atoms with Gasteiger partial charge in [0.1, 0.15) is 0 Å². The number of benzene rings is 1. The predicted molar refractivity (Wildman–Crippen MR) is 88.9 cm³/mol. The van der Waals surface area contributed by atoms with Gasteiger partial charge in [-0.2, -0.15) is 0 Å². The summed E-state index contributed by atoms with van der Waals surface area (Å²) in [5, 5.41) is 0. The van der Waals surface area contributed by atoms with Gasteiger partial charge in [-0.15, -0.1) is 0 Å². The maximum absolute atomic E-state index is 13.1. The summed E-state index contributed by atoms with van der Waals surface area (Å²) in [5.74, 6) is -0.0125. The van der Waals surface area contributed by atoms with Crippen LogP contribution < -0.4 is 0 Å². The van der Waals surface area contributed by atoms with Crippen molar-refractivity contribution in [2.45, 2.75) is 51.1 Å². The minimum absolute atomic E-state index is 0.00509. The maximum atomic E-state index is 13.1. The van der Waals surface area contributed by atoms with Gasteiger partial charge in [-0.3, -0.25) is 19.3 Å². The SMILES string of the molecule is C[C@@H]1C[C@H]2CCCC[C@H]2N1C(=O)c1ccc2c(c1)C(=O)N(C)C2=O. The second-order valence-electron chi connectivity index (χ2n) is 7.34. The van der Waals surface area contributed by atoms with Crippen LogP contribution in [-0.4, -0.2) is 46.7 Å². The highest BCUT2D eigenvalue weighted by atomic mass is 16.2. The molecule has 24 heavy (non-hydrogen) atoms. The van der Waals surface area contributed by atoms with Crippen LogP contribution >= 0.6 is 0 Å². The van der Waals surface area contributed by atoms with Crippen molar-refractivity contribution in [3.05, 3.63) is 34.9 Å². The Balaban J connectivity index is 1.66. The van der Waals surface area contributed by atoms with Gasteiger partial charge in [-0.1, -0.05) is 12.8 Å². The summed E-state index contributed by atoms with van der Waals surface area (Å²) < 4.78 is 0. The Morgan fingerprint density at radius 2 is 1.79 bits per heavy atom. The van der Waals surface area contributed by atoms with Crippen molar-refractivity contribution in [3.8, 4) is 0 Å². The average Bonchev–Trinajstić information content (AvgIpc) is 3.03. The van der Waals surface area contributed by atoms with Gasteiger partial charge in [0.2, 0.25) is 0 Å². The van der Waals surface area contributed by atoms with Crippen LogP contribution in [0.15, 0.2) is 18.2 Å². The zero-order valence-electron chi connectivity index (χ0n) is 14.1. The largest absolute Gasteiger partial charge is 0.333 e. The number of likely N-dealkylation sites (tertiary alicyclic amines) is 1. The second kappa shape index (κ2) is 5.43. The van der Waals surface area contributed by atoms with Gasteiger partial charge in [-0.05, 0) is 50.3 Å². The molecule has 0 bridgehead atoms. The highest BCUT2D eigenvalue weighted by Crippen LogP contribution is 2.40. The van der Waals surface area contributed by atoms with E-state index in [1.165, 1.54) is 26.3 Å². The van der Waals surface area contributed by atoms with Crippen molar-refractivity contribution in [1.29, 1.82) is 0 Å². The standard InChI is InChI=1S/C19H22N2O3/c1-11-9-12-5-3-4-6-16(12)21(11)17(22)13-7-8-14-15(10-13)19(24)20(2)18(14)23/h7-8,10-12,16H,3-6,9H2,1-2H3/t11-,12-,16-/m1/s1. The Morgan fingerprint density at radius 3 is 2.58 bits per heavy atom. The lowest BCUT2D eigenvalue weighted by Crippen LogP contribution is -2.42. The van der Waals surface area contributed by atoms with Gasteiger partial charge < -0.3 is 4.90 Å². The summed E-state index contributed by atoms with van der Waals surface area (Å²) >= 11 is 0. The molecule has 1 aromatic carbocycles. The molecule has 4 rings (SSSR count). The first-order valence-electron chi connectivity index (χ1n) is 8.78. The number of fused-ring (bicyclic) bond motifs is 2. The highest BCUT2D eigenvalue weighted by Gasteiger charge is 2.43. The van der Waals surface area contributed by atoms with Crippen LogP contribution in [0.4, 0.5) is 0 Å². The number of hydrogen-bond acceptors (Lipinski definition) is 3. The number of carbonyl (C=O) groups is 3. The van der Waals surface area contributed by atoms with E-state index in [1.54, 1.807) is 18.2 Å². The van der Waals surface area contributed by atoms with Crippen LogP contribution in [0.1, 0.15) is 70.1 Å². The Kier molecular flexibility index (Phi) is 3.48.